The maximum Gasteiger partial charge on any atom is 0.261 e. The summed E-state index contributed by atoms with van der Waals surface area (Å²) < 4.78 is 67.9. The number of nitrogens with one attached hydrogen (secondary N) is 1. The average molecular weight is 454 g/mol. The highest BCUT2D eigenvalue weighted by Crippen LogP contribution is 2.32. The highest BCUT2D eigenvalue weighted by atomic mass is 35.5. The number of aryl methyl sites for hydroxylation is 1. The first-order valence-electron chi connectivity index (χ1n) is 8.56. The molecule has 3 aromatic carbocycles. The van der Waals surface area contributed by atoms with Gasteiger partial charge in [0.05, 0.1) is 15.5 Å². The van der Waals surface area contributed by atoms with Crippen molar-refractivity contribution in [2.75, 3.05) is 4.72 Å². The molecule has 0 radical (unpaired) electrons. The molecule has 3 aromatic rings. The Hall–Kier alpha value is -2.42. The molecule has 3 rings (SSSR count). The van der Waals surface area contributed by atoms with Crippen molar-refractivity contribution in [1.29, 1.82) is 0 Å². The molecule has 29 heavy (non-hydrogen) atoms. The molecule has 152 valence electrons. The third-order valence-electron chi connectivity index (χ3n) is 4.25. The predicted molar refractivity (Wildman–Crippen MR) is 110 cm³/mol. The van der Waals surface area contributed by atoms with Gasteiger partial charge in [0, 0.05) is 5.02 Å². The molecule has 0 aliphatic carbocycles. The first kappa shape index (κ1) is 21.3. The molecule has 0 saturated heterocycles. The summed E-state index contributed by atoms with van der Waals surface area (Å²) in [5.41, 5.74) is 0.732. The highest BCUT2D eigenvalue weighted by molar-refractivity contribution is 7.93. The van der Waals surface area contributed by atoms with E-state index in [-0.39, 0.29) is 15.6 Å². The fourth-order valence-corrected chi connectivity index (χ4v) is 5.58. The van der Waals surface area contributed by atoms with Crippen molar-refractivity contribution < 1.29 is 21.2 Å². The minimum Gasteiger partial charge on any atom is -0.278 e. The van der Waals surface area contributed by atoms with Gasteiger partial charge in [0.25, 0.3) is 10.0 Å². The Labute approximate surface area is 174 Å². The quantitative estimate of drug-likeness (QED) is 0.587. The Morgan fingerprint density at radius 3 is 2.17 bits per heavy atom. The number of hydrogen-bond acceptors (Lipinski definition) is 4. The monoisotopic (exact) mass is 453 g/mol. The van der Waals surface area contributed by atoms with E-state index < -0.39 is 35.5 Å². The summed E-state index contributed by atoms with van der Waals surface area (Å²) in [4.78, 5) is -1.04. The van der Waals surface area contributed by atoms with Crippen LogP contribution in [0.4, 0.5) is 10.1 Å². The summed E-state index contributed by atoms with van der Waals surface area (Å²) in [7, 11) is -8.45. The van der Waals surface area contributed by atoms with Gasteiger partial charge < -0.3 is 0 Å². The SMILES string of the molecule is CCc1ccc(S(=O)(=O)Nc2ccc(Cl)cc2S(=O)(=O)c2ccccc2F)cc1. The lowest BCUT2D eigenvalue weighted by Crippen LogP contribution is -2.16. The van der Waals surface area contributed by atoms with E-state index in [0.29, 0.717) is 0 Å². The van der Waals surface area contributed by atoms with Crippen LogP contribution in [-0.4, -0.2) is 16.8 Å². The molecule has 0 saturated carbocycles. The van der Waals surface area contributed by atoms with Crippen LogP contribution in [0.3, 0.4) is 0 Å². The van der Waals surface area contributed by atoms with Gasteiger partial charge in [-0.25, -0.2) is 21.2 Å². The maximum absolute atomic E-state index is 14.1. The summed E-state index contributed by atoms with van der Waals surface area (Å²) in [6, 6.07) is 14.7. The molecule has 0 unspecified atom stereocenters. The molecule has 0 heterocycles. The summed E-state index contributed by atoms with van der Waals surface area (Å²) in [6.07, 6.45) is 0.746. The number of sulfone groups is 1. The zero-order valence-electron chi connectivity index (χ0n) is 15.3. The van der Waals surface area contributed by atoms with Crippen molar-refractivity contribution in [3.8, 4) is 0 Å². The van der Waals surface area contributed by atoms with E-state index >= 15 is 0 Å². The number of rotatable bonds is 6. The fraction of sp³-hybridized carbons (Fsp3) is 0.100. The molecule has 0 aromatic heterocycles. The lowest BCUT2D eigenvalue weighted by molar-refractivity contribution is 0.567. The molecular weight excluding hydrogens is 437 g/mol. The van der Waals surface area contributed by atoms with E-state index in [4.69, 9.17) is 11.6 Å². The van der Waals surface area contributed by atoms with Gasteiger partial charge in [0.1, 0.15) is 10.7 Å². The van der Waals surface area contributed by atoms with E-state index in [2.05, 4.69) is 4.72 Å². The van der Waals surface area contributed by atoms with E-state index in [9.17, 15) is 21.2 Å². The van der Waals surface area contributed by atoms with Crippen molar-refractivity contribution >= 4 is 37.1 Å². The van der Waals surface area contributed by atoms with Crippen LogP contribution in [0.15, 0.2) is 81.4 Å². The van der Waals surface area contributed by atoms with E-state index in [1.807, 2.05) is 6.92 Å². The first-order valence-corrected chi connectivity index (χ1v) is 11.9. The van der Waals surface area contributed by atoms with Gasteiger partial charge >= 0.3 is 0 Å². The normalized spacial score (nSPS) is 12.0. The van der Waals surface area contributed by atoms with Crippen molar-refractivity contribution in [3.63, 3.8) is 0 Å². The molecule has 0 atom stereocenters. The molecule has 9 heteroatoms. The molecule has 1 N–H and O–H groups in total. The molecule has 0 bridgehead atoms. The number of halogens is 2. The summed E-state index contributed by atoms with van der Waals surface area (Å²) in [5, 5.41) is 0.0650. The number of sulfonamides is 1. The van der Waals surface area contributed by atoms with Gasteiger partial charge in [0.2, 0.25) is 9.84 Å². The fourth-order valence-electron chi connectivity index (χ4n) is 2.69. The van der Waals surface area contributed by atoms with Crippen LogP contribution in [0.25, 0.3) is 0 Å². The molecular formula is C20H17ClFNO4S2. The standard InChI is InChI=1S/C20H17ClFNO4S2/c1-2-14-7-10-16(11-8-14)29(26,27)23-18-12-9-15(21)13-20(18)28(24,25)19-6-4-3-5-17(19)22/h3-13,23H,2H2,1H3. The van der Waals surface area contributed by atoms with E-state index in [1.165, 1.54) is 36.4 Å². The smallest absolute Gasteiger partial charge is 0.261 e. The van der Waals surface area contributed by atoms with Crippen LogP contribution in [0.2, 0.25) is 5.02 Å². The number of anilines is 1. The van der Waals surface area contributed by atoms with Crippen molar-refractivity contribution in [1.82, 2.24) is 0 Å². The van der Waals surface area contributed by atoms with Crippen LogP contribution in [0.1, 0.15) is 12.5 Å². The van der Waals surface area contributed by atoms with E-state index in [0.717, 1.165) is 30.2 Å². The van der Waals surface area contributed by atoms with Gasteiger partial charge in [-0.2, -0.15) is 0 Å². The van der Waals surface area contributed by atoms with Crippen LogP contribution >= 0.6 is 11.6 Å². The van der Waals surface area contributed by atoms with Gasteiger partial charge in [-0.3, -0.25) is 4.72 Å². The second kappa shape index (κ2) is 8.14. The summed E-state index contributed by atoms with van der Waals surface area (Å²) >= 11 is 5.94. The van der Waals surface area contributed by atoms with Gasteiger partial charge in [-0.1, -0.05) is 42.8 Å². The Morgan fingerprint density at radius 2 is 1.55 bits per heavy atom. The molecule has 0 amide bonds. The predicted octanol–water partition coefficient (Wildman–Crippen LogP) is 4.68. The Balaban J connectivity index is 2.09. The highest BCUT2D eigenvalue weighted by Gasteiger charge is 2.27. The number of benzene rings is 3. The van der Waals surface area contributed by atoms with E-state index in [1.54, 1.807) is 12.1 Å². The minimum atomic E-state index is -4.37. The third-order valence-corrected chi connectivity index (χ3v) is 7.69. The van der Waals surface area contributed by atoms with Gasteiger partial charge in [-0.15, -0.1) is 0 Å². The summed E-state index contributed by atoms with van der Waals surface area (Å²) in [5.74, 6) is -0.948. The molecule has 0 spiro atoms. The van der Waals surface area contributed by atoms with Crippen LogP contribution in [-0.2, 0) is 26.3 Å². The van der Waals surface area contributed by atoms with Gasteiger partial charge in [-0.05, 0) is 54.4 Å². The van der Waals surface area contributed by atoms with Crippen molar-refractivity contribution in [2.45, 2.75) is 28.0 Å². The minimum absolute atomic E-state index is 0.0288. The lowest BCUT2D eigenvalue weighted by atomic mass is 10.2. The van der Waals surface area contributed by atoms with Crippen LogP contribution < -0.4 is 4.72 Å². The second-order valence-electron chi connectivity index (χ2n) is 6.18. The average Bonchev–Trinajstić information content (AvgIpc) is 2.69. The Morgan fingerprint density at radius 1 is 0.897 bits per heavy atom. The van der Waals surface area contributed by atoms with Crippen molar-refractivity contribution in [2.24, 2.45) is 0 Å². The Bertz CT molecular complexity index is 1260. The van der Waals surface area contributed by atoms with Crippen molar-refractivity contribution in [3.05, 3.63) is 83.1 Å². The molecule has 0 aliphatic heterocycles. The number of hydrogen-bond donors (Lipinski definition) is 1. The topological polar surface area (TPSA) is 80.3 Å². The molecule has 0 fully saturated rings. The van der Waals surface area contributed by atoms with Crippen LogP contribution in [0.5, 0.6) is 0 Å². The first-order chi connectivity index (χ1) is 13.6. The molecule has 5 nitrogen and oxygen atoms in total. The molecule has 0 aliphatic rings. The second-order valence-corrected chi connectivity index (χ2v) is 10.2. The largest absolute Gasteiger partial charge is 0.278 e. The third kappa shape index (κ3) is 4.44. The zero-order valence-corrected chi connectivity index (χ0v) is 17.7. The van der Waals surface area contributed by atoms with Crippen LogP contribution in [0, 0.1) is 5.82 Å². The Kier molecular flexibility index (Phi) is 5.97. The van der Waals surface area contributed by atoms with Gasteiger partial charge in [0.15, 0.2) is 0 Å². The maximum atomic E-state index is 14.1. The lowest BCUT2D eigenvalue weighted by Gasteiger charge is -2.14. The zero-order chi connectivity index (χ0) is 21.2. The summed E-state index contributed by atoms with van der Waals surface area (Å²) in [6.45, 7) is 1.94.